The van der Waals surface area contributed by atoms with Crippen molar-refractivity contribution in [2.24, 2.45) is 0 Å². The van der Waals surface area contributed by atoms with Gasteiger partial charge in [-0.3, -0.25) is 0 Å². The number of aliphatic hydroxyl groups excluding tert-OH is 1. The molecule has 0 aliphatic carbocycles. The molecule has 1 aromatic carbocycles. The molecule has 1 aliphatic heterocycles. The van der Waals surface area contributed by atoms with Crippen LogP contribution in [0.1, 0.15) is 11.1 Å². The molecule has 2 N–H and O–H groups in total. The molecule has 0 saturated carbocycles. The van der Waals surface area contributed by atoms with Crippen molar-refractivity contribution in [1.82, 2.24) is 5.32 Å². The molecule has 1 heterocycles. The van der Waals surface area contributed by atoms with Crippen LogP contribution >= 0.6 is 11.8 Å². The first kappa shape index (κ1) is 11.0. The molecule has 0 spiro atoms. The van der Waals surface area contributed by atoms with Crippen molar-refractivity contribution in [2.75, 3.05) is 13.1 Å². The second-order valence-corrected chi connectivity index (χ2v) is 5.43. The van der Waals surface area contributed by atoms with E-state index in [1.807, 2.05) is 0 Å². The van der Waals surface area contributed by atoms with E-state index in [0.717, 1.165) is 13.1 Å². The summed E-state index contributed by atoms with van der Waals surface area (Å²) in [5, 5.41) is 13.2. The fraction of sp³-hybridized carbons (Fsp3) is 0.500. The predicted molar refractivity (Wildman–Crippen MR) is 64.4 cm³/mol. The van der Waals surface area contributed by atoms with Gasteiger partial charge in [-0.15, -0.1) is 11.8 Å². The van der Waals surface area contributed by atoms with Crippen LogP contribution in [0.3, 0.4) is 0 Å². The van der Waals surface area contributed by atoms with E-state index in [4.69, 9.17) is 0 Å². The third-order valence-corrected chi connectivity index (χ3v) is 4.23. The SMILES string of the molecule is Cc1ccc(SC2CNCC2O)c(C)c1. The molecule has 2 atom stereocenters. The van der Waals surface area contributed by atoms with Gasteiger partial charge in [0.2, 0.25) is 0 Å². The summed E-state index contributed by atoms with van der Waals surface area (Å²) in [6.45, 7) is 5.86. The van der Waals surface area contributed by atoms with E-state index in [1.54, 1.807) is 11.8 Å². The van der Waals surface area contributed by atoms with Crippen LogP contribution in [-0.2, 0) is 0 Å². The molecule has 1 aliphatic rings. The molecule has 2 unspecified atom stereocenters. The highest BCUT2D eigenvalue weighted by Gasteiger charge is 2.25. The largest absolute Gasteiger partial charge is 0.391 e. The maximum Gasteiger partial charge on any atom is 0.0798 e. The summed E-state index contributed by atoms with van der Waals surface area (Å²) in [7, 11) is 0. The Balaban J connectivity index is 2.10. The highest BCUT2D eigenvalue weighted by atomic mass is 32.2. The van der Waals surface area contributed by atoms with Crippen LogP contribution in [-0.4, -0.2) is 29.5 Å². The van der Waals surface area contributed by atoms with E-state index in [-0.39, 0.29) is 6.10 Å². The number of hydrogen-bond acceptors (Lipinski definition) is 3. The standard InChI is InChI=1S/C12H17NOS/c1-8-3-4-11(9(2)5-8)15-12-7-13-6-10(12)14/h3-5,10,12-14H,6-7H2,1-2H3. The van der Waals surface area contributed by atoms with Gasteiger partial charge in [-0.05, 0) is 25.5 Å². The van der Waals surface area contributed by atoms with Gasteiger partial charge < -0.3 is 10.4 Å². The second-order valence-electron chi connectivity index (χ2n) is 4.15. The molecule has 82 valence electrons. The normalized spacial score (nSPS) is 25.8. The molecule has 0 amide bonds. The van der Waals surface area contributed by atoms with Crippen molar-refractivity contribution in [3.63, 3.8) is 0 Å². The molecule has 3 heteroatoms. The first-order valence-corrected chi connectivity index (χ1v) is 6.17. The zero-order valence-corrected chi connectivity index (χ0v) is 9.97. The molecular weight excluding hydrogens is 206 g/mol. The summed E-state index contributed by atoms with van der Waals surface area (Å²) in [5.74, 6) is 0. The van der Waals surface area contributed by atoms with Crippen molar-refractivity contribution >= 4 is 11.8 Å². The summed E-state index contributed by atoms with van der Waals surface area (Å²) >= 11 is 1.78. The Kier molecular flexibility index (Phi) is 3.34. The summed E-state index contributed by atoms with van der Waals surface area (Å²) in [6.07, 6.45) is -0.212. The number of aryl methyl sites for hydroxylation is 2. The second kappa shape index (κ2) is 4.56. The fourth-order valence-corrected chi connectivity index (χ4v) is 3.03. The monoisotopic (exact) mass is 223 g/mol. The van der Waals surface area contributed by atoms with Crippen LogP contribution in [0.15, 0.2) is 23.1 Å². The molecule has 2 nitrogen and oxygen atoms in total. The van der Waals surface area contributed by atoms with Crippen LogP contribution in [0.4, 0.5) is 0 Å². The first-order valence-electron chi connectivity index (χ1n) is 5.29. The number of aliphatic hydroxyl groups is 1. The Labute approximate surface area is 95.1 Å². The Bertz CT molecular complexity index is 353. The molecule has 1 fully saturated rings. The highest BCUT2D eigenvalue weighted by molar-refractivity contribution is 8.00. The van der Waals surface area contributed by atoms with Crippen LogP contribution in [0, 0.1) is 13.8 Å². The summed E-state index contributed by atoms with van der Waals surface area (Å²) in [6, 6.07) is 6.47. The highest BCUT2D eigenvalue weighted by Crippen LogP contribution is 2.30. The van der Waals surface area contributed by atoms with E-state index in [2.05, 4.69) is 37.4 Å². The van der Waals surface area contributed by atoms with Gasteiger partial charge in [0.15, 0.2) is 0 Å². The molecule has 0 bridgehead atoms. The van der Waals surface area contributed by atoms with Gasteiger partial charge in [0, 0.05) is 23.2 Å². The van der Waals surface area contributed by atoms with Crippen LogP contribution in [0.2, 0.25) is 0 Å². The number of β-amino-alcohol motifs (C(OH)–C–C–N with tert-alkyl or cyclic N) is 1. The summed E-state index contributed by atoms with van der Waals surface area (Å²) in [4.78, 5) is 1.29. The van der Waals surface area contributed by atoms with Crippen molar-refractivity contribution in [2.45, 2.75) is 30.1 Å². The number of hydrogen-bond donors (Lipinski definition) is 2. The van der Waals surface area contributed by atoms with Gasteiger partial charge in [-0.25, -0.2) is 0 Å². The number of thioether (sulfide) groups is 1. The van der Waals surface area contributed by atoms with E-state index >= 15 is 0 Å². The fourth-order valence-electron chi connectivity index (χ4n) is 1.86. The lowest BCUT2D eigenvalue weighted by Crippen LogP contribution is -2.19. The average molecular weight is 223 g/mol. The average Bonchev–Trinajstić information content (AvgIpc) is 2.57. The van der Waals surface area contributed by atoms with Crippen LogP contribution in [0.5, 0.6) is 0 Å². The van der Waals surface area contributed by atoms with E-state index < -0.39 is 0 Å². The van der Waals surface area contributed by atoms with Gasteiger partial charge in [0.05, 0.1) is 6.10 Å². The summed E-state index contributed by atoms with van der Waals surface area (Å²) in [5.41, 5.74) is 2.60. The van der Waals surface area contributed by atoms with Crippen LogP contribution in [0.25, 0.3) is 0 Å². The van der Waals surface area contributed by atoms with E-state index in [0.29, 0.717) is 5.25 Å². The first-order chi connectivity index (χ1) is 7.16. The third kappa shape index (κ3) is 2.54. The number of nitrogens with one attached hydrogen (secondary N) is 1. The number of rotatable bonds is 2. The lowest BCUT2D eigenvalue weighted by Gasteiger charge is -2.14. The minimum absolute atomic E-state index is 0.212. The lowest BCUT2D eigenvalue weighted by atomic mass is 10.2. The lowest BCUT2D eigenvalue weighted by molar-refractivity contribution is 0.201. The maximum absolute atomic E-state index is 9.71. The molecule has 1 aromatic rings. The molecule has 15 heavy (non-hydrogen) atoms. The maximum atomic E-state index is 9.71. The van der Waals surface area contributed by atoms with Gasteiger partial charge in [-0.1, -0.05) is 17.7 Å². The van der Waals surface area contributed by atoms with Crippen LogP contribution < -0.4 is 5.32 Å². The van der Waals surface area contributed by atoms with Crippen molar-refractivity contribution in [3.8, 4) is 0 Å². The molecule has 1 saturated heterocycles. The minimum atomic E-state index is -0.212. The molecule has 0 aromatic heterocycles. The topological polar surface area (TPSA) is 32.3 Å². The zero-order chi connectivity index (χ0) is 10.8. The third-order valence-electron chi connectivity index (χ3n) is 2.74. The van der Waals surface area contributed by atoms with Crippen molar-refractivity contribution in [3.05, 3.63) is 29.3 Å². The predicted octanol–water partition coefficient (Wildman–Crippen LogP) is 1.73. The smallest absolute Gasteiger partial charge is 0.0798 e. The van der Waals surface area contributed by atoms with E-state index in [9.17, 15) is 5.11 Å². The van der Waals surface area contributed by atoms with E-state index in [1.165, 1.54) is 16.0 Å². The quantitative estimate of drug-likeness (QED) is 0.801. The molecule has 2 rings (SSSR count). The minimum Gasteiger partial charge on any atom is -0.391 e. The Morgan fingerprint density at radius 2 is 2.13 bits per heavy atom. The van der Waals surface area contributed by atoms with Gasteiger partial charge in [-0.2, -0.15) is 0 Å². The van der Waals surface area contributed by atoms with Crippen molar-refractivity contribution < 1.29 is 5.11 Å². The Hall–Kier alpha value is -0.510. The number of benzene rings is 1. The Morgan fingerprint density at radius 3 is 2.73 bits per heavy atom. The van der Waals surface area contributed by atoms with Crippen molar-refractivity contribution in [1.29, 1.82) is 0 Å². The summed E-state index contributed by atoms with van der Waals surface area (Å²) < 4.78 is 0. The Morgan fingerprint density at radius 1 is 1.33 bits per heavy atom. The molecular formula is C12H17NOS. The zero-order valence-electron chi connectivity index (χ0n) is 9.16. The van der Waals surface area contributed by atoms with Gasteiger partial charge in [0.25, 0.3) is 0 Å². The van der Waals surface area contributed by atoms with Gasteiger partial charge in [0.1, 0.15) is 0 Å². The molecule has 0 radical (unpaired) electrons. The van der Waals surface area contributed by atoms with Gasteiger partial charge >= 0.3 is 0 Å².